The van der Waals surface area contributed by atoms with Crippen molar-refractivity contribution in [2.75, 3.05) is 19.8 Å². The lowest BCUT2D eigenvalue weighted by molar-refractivity contribution is 0.0832. The van der Waals surface area contributed by atoms with Crippen LogP contribution in [0, 0.1) is 18.8 Å². The van der Waals surface area contributed by atoms with E-state index < -0.39 is 0 Å². The molecular weight excluding hydrogens is 248 g/mol. The van der Waals surface area contributed by atoms with Gasteiger partial charge in [-0.2, -0.15) is 0 Å². The molecule has 1 aromatic carbocycles. The van der Waals surface area contributed by atoms with Gasteiger partial charge in [0.1, 0.15) is 12.4 Å². The van der Waals surface area contributed by atoms with Gasteiger partial charge < -0.3 is 9.47 Å². The molecule has 0 radical (unpaired) electrons. The van der Waals surface area contributed by atoms with Crippen molar-refractivity contribution in [2.45, 2.75) is 46.0 Å². The maximum absolute atomic E-state index is 5.70. The highest BCUT2D eigenvalue weighted by atomic mass is 16.5. The first-order valence-corrected chi connectivity index (χ1v) is 8.01. The highest BCUT2D eigenvalue weighted by molar-refractivity contribution is 5.27. The summed E-state index contributed by atoms with van der Waals surface area (Å²) < 4.78 is 11.4. The molecule has 1 saturated carbocycles. The molecule has 2 nitrogen and oxygen atoms in total. The fourth-order valence-corrected chi connectivity index (χ4v) is 3.10. The second-order valence-corrected chi connectivity index (χ2v) is 6.20. The third-order valence-corrected chi connectivity index (χ3v) is 4.20. The Balaban J connectivity index is 1.51. The molecule has 1 fully saturated rings. The highest BCUT2D eigenvalue weighted by Gasteiger charge is 2.18. The summed E-state index contributed by atoms with van der Waals surface area (Å²) in [5.74, 6) is 2.74. The zero-order chi connectivity index (χ0) is 14.2. The molecule has 1 aliphatic rings. The molecule has 2 atom stereocenters. The van der Waals surface area contributed by atoms with Crippen molar-refractivity contribution in [2.24, 2.45) is 11.8 Å². The van der Waals surface area contributed by atoms with Gasteiger partial charge in [0.25, 0.3) is 0 Å². The average Bonchev–Trinajstić information content (AvgIpc) is 2.43. The van der Waals surface area contributed by atoms with Crippen LogP contribution < -0.4 is 4.74 Å². The topological polar surface area (TPSA) is 18.5 Å². The number of aryl methyl sites for hydroxylation is 1. The molecule has 0 N–H and O–H groups in total. The summed E-state index contributed by atoms with van der Waals surface area (Å²) >= 11 is 0. The van der Waals surface area contributed by atoms with Crippen LogP contribution >= 0.6 is 0 Å². The van der Waals surface area contributed by atoms with Gasteiger partial charge in [0.05, 0.1) is 6.61 Å². The van der Waals surface area contributed by atoms with Gasteiger partial charge in [-0.05, 0) is 49.3 Å². The number of benzene rings is 1. The standard InChI is InChI=1S/C18H28O2/c1-15-5-3-7-17(13-15)9-10-19-11-12-20-18-8-4-6-16(2)14-18/h4,6,8,14-15,17H,3,5,7,9-13H2,1-2H3/t15-,17+/m1/s1. The summed E-state index contributed by atoms with van der Waals surface area (Å²) in [6.07, 6.45) is 6.83. The zero-order valence-corrected chi connectivity index (χ0v) is 12.9. The van der Waals surface area contributed by atoms with Crippen molar-refractivity contribution >= 4 is 0 Å². The van der Waals surface area contributed by atoms with Crippen LogP contribution in [-0.4, -0.2) is 19.8 Å². The molecular formula is C18H28O2. The van der Waals surface area contributed by atoms with Crippen molar-refractivity contribution in [3.8, 4) is 5.75 Å². The first-order chi connectivity index (χ1) is 9.74. The SMILES string of the molecule is Cc1cccc(OCCOCC[C@@H]2CCC[C@@H](C)C2)c1. The lowest BCUT2D eigenvalue weighted by Gasteiger charge is -2.26. The maximum atomic E-state index is 5.70. The third-order valence-electron chi connectivity index (χ3n) is 4.20. The Bertz CT molecular complexity index is 389. The van der Waals surface area contributed by atoms with E-state index in [9.17, 15) is 0 Å². The third kappa shape index (κ3) is 5.54. The number of hydrogen-bond acceptors (Lipinski definition) is 2. The van der Waals surface area contributed by atoms with E-state index in [1.54, 1.807) is 0 Å². The minimum atomic E-state index is 0.643. The van der Waals surface area contributed by atoms with Gasteiger partial charge in [-0.15, -0.1) is 0 Å². The molecule has 2 heteroatoms. The summed E-state index contributed by atoms with van der Waals surface area (Å²) in [6.45, 7) is 6.67. The molecule has 20 heavy (non-hydrogen) atoms. The molecule has 112 valence electrons. The van der Waals surface area contributed by atoms with E-state index in [4.69, 9.17) is 9.47 Å². The van der Waals surface area contributed by atoms with E-state index in [0.29, 0.717) is 13.2 Å². The summed E-state index contributed by atoms with van der Waals surface area (Å²) in [6, 6.07) is 8.16. The lowest BCUT2D eigenvalue weighted by atomic mass is 9.81. The van der Waals surface area contributed by atoms with Gasteiger partial charge in [-0.25, -0.2) is 0 Å². The summed E-state index contributed by atoms with van der Waals surface area (Å²) in [4.78, 5) is 0. The zero-order valence-electron chi connectivity index (χ0n) is 12.9. The van der Waals surface area contributed by atoms with E-state index in [-0.39, 0.29) is 0 Å². The first kappa shape index (κ1) is 15.4. The minimum Gasteiger partial charge on any atom is -0.491 e. The summed E-state index contributed by atoms with van der Waals surface area (Å²) in [7, 11) is 0. The quantitative estimate of drug-likeness (QED) is 0.677. The molecule has 0 spiro atoms. The second kappa shape index (κ2) is 8.31. The number of hydrogen-bond donors (Lipinski definition) is 0. The Labute approximate surface area is 123 Å². The normalized spacial score (nSPS) is 22.7. The van der Waals surface area contributed by atoms with Gasteiger partial charge in [0, 0.05) is 6.61 Å². The van der Waals surface area contributed by atoms with Crippen LogP contribution in [0.25, 0.3) is 0 Å². The van der Waals surface area contributed by atoms with Gasteiger partial charge in [-0.1, -0.05) is 38.3 Å². The van der Waals surface area contributed by atoms with Crippen molar-refractivity contribution in [1.82, 2.24) is 0 Å². The van der Waals surface area contributed by atoms with Crippen molar-refractivity contribution < 1.29 is 9.47 Å². The van der Waals surface area contributed by atoms with Gasteiger partial charge in [0.2, 0.25) is 0 Å². The van der Waals surface area contributed by atoms with Crippen LogP contribution in [0.2, 0.25) is 0 Å². The minimum absolute atomic E-state index is 0.643. The number of ether oxygens (including phenoxy) is 2. The molecule has 0 amide bonds. The smallest absolute Gasteiger partial charge is 0.119 e. The molecule has 0 aromatic heterocycles. The van der Waals surface area contributed by atoms with Crippen LogP contribution in [0.15, 0.2) is 24.3 Å². The second-order valence-electron chi connectivity index (χ2n) is 6.20. The molecule has 0 bridgehead atoms. The Morgan fingerprint density at radius 2 is 2.05 bits per heavy atom. The fraction of sp³-hybridized carbons (Fsp3) is 0.667. The van der Waals surface area contributed by atoms with Crippen LogP contribution in [0.4, 0.5) is 0 Å². The van der Waals surface area contributed by atoms with E-state index in [2.05, 4.69) is 26.0 Å². The maximum Gasteiger partial charge on any atom is 0.119 e. The molecule has 2 rings (SSSR count). The van der Waals surface area contributed by atoms with Gasteiger partial charge in [0.15, 0.2) is 0 Å². The molecule has 1 aliphatic carbocycles. The van der Waals surface area contributed by atoms with Crippen LogP contribution in [0.1, 0.15) is 44.6 Å². The summed E-state index contributed by atoms with van der Waals surface area (Å²) in [5, 5.41) is 0. The van der Waals surface area contributed by atoms with E-state index >= 15 is 0 Å². The Hall–Kier alpha value is -1.02. The number of rotatable bonds is 7. The van der Waals surface area contributed by atoms with Gasteiger partial charge in [-0.3, -0.25) is 0 Å². The first-order valence-electron chi connectivity index (χ1n) is 8.01. The largest absolute Gasteiger partial charge is 0.491 e. The van der Waals surface area contributed by atoms with Crippen molar-refractivity contribution in [1.29, 1.82) is 0 Å². The van der Waals surface area contributed by atoms with Crippen molar-refractivity contribution in [3.05, 3.63) is 29.8 Å². The van der Waals surface area contributed by atoms with Crippen LogP contribution in [0.5, 0.6) is 5.75 Å². The fourth-order valence-electron chi connectivity index (χ4n) is 3.10. The van der Waals surface area contributed by atoms with Gasteiger partial charge >= 0.3 is 0 Å². The Morgan fingerprint density at radius 1 is 1.15 bits per heavy atom. The Morgan fingerprint density at radius 3 is 2.85 bits per heavy atom. The average molecular weight is 276 g/mol. The van der Waals surface area contributed by atoms with Crippen molar-refractivity contribution in [3.63, 3.8) is 0 Å². The molecule has 0 unspecified atom stereocenters. The predicted octanol–water partition coefficient (Wildman–Crippen LogP) is 4.61. The van der Waals surface area contributed by atoms with Crippen LogP contribution in [0.3, 0.4) is 0 Å². The molecule has 1 aromatic rings. The molecule has 0 aliphatic heterocycles. The van der Waals surface area contributed by atoms with E-state index in [0.717, 1.165) is 24.2 Å². The Kier molecular flexibility index (Phi) is 6.38. The van der Waals surface area contributed by atoms with E-state index in [1.807, 2.05) is 12.1 Å². The van der Waals surface area contributed by atoms with E-state index in [1.165, 1.54) is 37.7 Å². The highest BCUT2D eigenvalue weighted by Crippen LogP contribution is 2.30. The molecule has 0 saturated heterocycles. The molecule has 0 heterocycles. The lowest BCUT2D eigenvalue weighted by Crippen LogP contribution is -2.16. The monoisotopic (exact) mass is 276 g/mol. The summed E-state index contributed by atoms with van der Waals surface area (Å²) in [5.41, 5.74) is 1.23. The predicted molar refractivity (Wildman–Crippen MR) is 83.2 cm³/mol. The van der Waals surface area contributed by atoms with Crippen LogP contribution in [-0.2, 0) is 4.74 Å².